The smallest absolute Gasteiger partial charge is 0.0761 e. The first-order valence-corrected chi connectivity index (χ1v) is 12.2. The Labute approximate surface area is 187 Å². The Kier molecular flexibility index (Phi) is 8.00. The van der Waals surface area contributed by atoms with Gasteiger partial charge < -0.3 is 19.8 Å². The average Bonchev–Trinajstić information content (AvgIpc) is 3.43. The number of allylic oxidation sites excluding steroid dienone is 1. The number of likely N-dealkylation sites (tertiary alicyclic amines) is 1. The van der Waals surface area contributed by atoms with Crippen LogP contribution in [0.4, 0.5) is 0 Å². The number of nitrogens with zero attached hydrogens (tertiary/aromatic N) is 1. The minimum absolute atomic E-state index is 0.141. The molecule has 1 aromatic carbocycles. The van der Waals surface area contributed by atoms with Crippen LogP contribution in [0.15, 0.2) is 48.1 Å². The van der Waals surface area contributed by atoms with E-state index >= 15 is 0 Å². The van der Waals surface area contributed by atoms with Crippen LogP contribution < -0.4 is 0 Å². The molecule has 2 aliphatic carbocycles. The molecule has 4 heteroatoms. The standard InChI is InChI=1S/C27H39NO3/c1-20-5-4-6-21(15-20)17-24(29)7-8-25-26-18-22(16-23(26)19-27(25)30)9-13-31-14-12-28-10-2-3-11-28/h4-8,15-16,23-27,29-30H,2-3,9-14,17-19H2,1H3/t23-,24-,25+,26-,27+/m0/s1. The fourth-order valence-electron chi connectivity index (χ4n) is 5.70. The molecule has 4 nitrogen and oxygen atoms in total. The zero-order valence-corrected chi connectivity index (χ0v) is 19.0. The largest absolute Gasteiger partial charge is 0.392 e. The number of hydrogen-bond acceptors (Lipinski definition) is 4. The summed E-state index contributed by atoms with van der Waals surface area (Å²) in [7, 11) is 0. The molecule has 4 rings (SSSR count). The zero-order valence-electron chi connectivity index (χ0n) is 19.0. The molecule has 0 radical (unpaired) electrons. The molecule has 0 aromatic heterocycles. The third-order valence-corrected chi connectivity index (χ3v) is 7.35. The van der Waals surface area contributed by atoms with Gasteiger partial charge in [0, 0.05) is 18.9 Å². The van der Waals surface area contributed by atoms with E-state index in [9.17, 15) is 10.2 Å². The van der Waals surface area contributed by atoms with Crippen molar-refractivity contribution < 1.29 is 14.9 Å². The quantitative estimate of drug-likeness (QED) is 0.441. The number of aryl methyl sites for hydroxylation is 1. The molecule has 1 aliphatic heterocycles. The van der Waals surface area contributed by atoms with Crippen LogP contribution in [-0.4, -0.2) is 60.2 Å². The first-order chi connectivity index (χ1) is 15.1. The average molecular weight is 426 g/mol. The van der Waals surface area contributed by atoms with Crippen molar-refractivity contribution in [3.05, 3.63) is 59.2 Å². The van der Waals surface area contributed by atoms with Crippen molar-refractivity contribution in [2.24, 2.45) is 17.8 Å². The Balaban J connectivity index is 1.20. The van der Waals surface area contributed by atoms with Crippen molar-refractivity contribution >= 4 is 0 Å². The van der Waals surface area contributed by atoms with E-state index in [2.05, 4.69) is 42.2 Å². The van der Waals surface area contributed by atoms with Crippen LogP contribution >= 0.6 is 0 Å². The molecule has 2 N–H and O–H groups in total. The Morgan fingerprint density at radius 2 is 2.06 bits per heavy atom. The summed E-state index contributed by atoms with van der Waals surface area (Å²) in [5.74, 6) is 1.08. The lowest BCUT2D eigenvalue weighted by Crippen LogP contribution is -2.24. The summed E-state index contributed by atoms with van der Waals surface area (Å²) in [5, 5.41) is 21.1. The number of hydrogen-bond donors (Lipinski definition) is 2. The molecule has 1 heterocycles. The first-order valence-electron chi connectivity index (χ1n) is 12.2. The molecular weight excluding hydrogens is 386 g/mol. The maximum absolute atomic E-state index is 10.6. The summed E-state index contributed by atoms with van der Waals surface area (Å²) in [6, 6.07) is 8.29. The van der Waals surface area contributed by atoms with Gasteiger partial charge in [0.15, 0.2) is 0 Å². The zero-order chi connectivity index (χ0) is 21.6. The van der Waals surface area contributed by atoms with Gasteiger partial charge in [0.2, 0.25) is 0 Å². The van der Waals surface area contributed by atoms with Gasteiger partial charge in [-0.15, -0.1) is 0 Å². The van der Waals surface area contributed by atoms with E-state index < -0.39 is 6.10 Å². The highest BCUT2D eigenvalue weighted by Gasteiger charge is 2.43. The molecule has 5 atom stereocenters. The third kappa shape index (κ3) is 6.29. The number of ether oxygens (including phenoxy) is 1. The summed E-state index contributed by atoms with van der Waals surface area (Å²) in [4.78, 5) is 2.49. The Morgan fingerprint density at radius 1 is 1.23 bits per heavy atom. The Morgan fingerprint density at radius 3 is 2.87 bits per heavy atom. The van der Waals surface area contributed by atoms with Crippen molar-refractivity contribution in [1.82, 2.24) is 4.90 Å². The molecule has 31 heavy (non-hydrogen) atoms. The minimum Gasteiger partial charge on any atom is -0.392 e. The van der Waals surface area contributed by atoms with Crippen LogP contribution in [0.25, 0.3) is 0 Å². The van der Waals surface area contributed by atoms with Crippen molar-refractivity contribution in [3.8, 4) is 0 Å². The van der Waals surface area contributed by atoms with Crippen LogP contribution in [0.2, 0.25) is 0 Å². The van der Waals surface area contributed by atoms with E-state index in [-0.39, 0.29) is 12.0 Å². The number of aliphatic hydroxyl groups excluding tert-OH is 2. The maximum Gasteiger partial charge on any atom is 0.0761 e. The monoisotopic (exact) mass is 425 g/mol. The number of fused-ring (bicyclic) bond motifs is 1. The van der Waals surface area contributed by atoms with Crippen molar-refractivity contribution in [2.45, 2.75) is 57.7 Å². The van der Waals surface area contributed by atoms with Crippen LogP contribution in [0.5, 0.6) is 0 Å². The second-order valence-corrected chi connectivity index (χ2v) is 9.79. The highest BCUT2D eigenvalue weighted by atomic mass is 16.5. The van der Waals surface area contributed by atoms with Crippen LogP contribution in [0, 0.1) is 24.7 Å². The van der Waals surface area contributed by atoms with E-state index in [0.717, 1.165) is 44.6 Å². The van der Waals surface area contributed by atoms with E-state index in [4.69, 9.17) is 4.74 Å². The van der Waals surface area contributed by atoms with Crippen molar-refractivity contribution in [3.63, 3.8) is 0 Å². The van der Waals surface area contributed by atoms with Crippen LogP contribution in [0.1, 0.15) is 43.2 Å². The van der Waals surface area contributed by atoms with Crippen LogP contribution in [0.3, 0.4) is 0 Å². The normalized spacial score (nSPS) is 29.6. The lowest BCUT2D eigenvalue weighted by Gasteiger charge is -2.19. The van der Waals surface area contributed by atoms with Gasteiger partial charge in [-0.1, -0.05) is 53.6 Å². The minimum atomic E-state index is -0.508. The van der Waals surface area contributed by atoms with Gasteiger partial charge in [0.1, 0.15) is 0 Å². The maximum atomic E-state index is 10.6. The van der Waals surface area contributed by atoms with Crippen molar-refractivity contribution in [2.75, 3.05) is 32.8 Å². The highest BCUT2D eigenvalue weighted by Crippen LogP contribution is 2.47. The molecule has 0 unspecified atom stereocenters. The Hall–Kier alpha value is -1.46. The van der Waals surface area contributed by atoms with E-state index in [1.807, 2.05) is 12.1 Å². The summed E-state index contributed by atoms with van der Waals surface area (Å²) in [5.41, 5.74) is 3.85. The molecule has 170 valence electrons. The molecule has 0 bridgehead atoms. The highest BCUT2D eigenvalue weighted by molar-refractivity contribution is 5.24. The second-order valence-electron chi connectivity index (χ2n) is 9.79. The summed E-state index contributed by atoms with van der Waals surface area (Å²) in [6.07, 6.45) is 11.8. The lowest BCUT2D eigenvalue weighted by molar-refractivity contribution is 0.112. The third-order valence-electron chi connectivity index (χ3n) is 7.35. The topological polar surface area (TPSA) is 52.9 Å². The SMILES string of the molecule is Cc1cccc(C[C@@H](O)C=C[C@@H]2[C@H]3CC(CCOCCN4CCCC4)=C[C@H]3C[C@H]2O)c1. The Bertz CT molecular complexity index is 767. The lowest BCUT2D eigenvalue weighted by atomic mass is 9.88. The van der Waals surface area contributed by atoms with Gasteiger partial charge in [0.25, 0.3) is 0 Å². The van der Waals surface area contributed by atoms with Gasteiger partial charge in [-0.25, -0.2) is 0 Å². The van der Waals surface area contributed by atoms with Gasteiger partial charge in [-0.05, 0) is 69.5 Å². The molecule has 1 saturated carbocycles. The molecule has 0 spiro atoms. The number of benzene rings is 1. The summed E-state index contributed by atoms with van der Waals surface area (Å²) < 4.78 is 5.89. The van der Waals surface area contributed by atoms with E-state index in [1.165, 1.54) is 37.1 Å². The second kappa shape index (κ2) is 10.9. The van der Waals surface area contributed by atoms with Gasteiger partial charge in [-0.2, -0.15) is 0 Å². The van der Waals surface area contributed by atoms with Crippen molar-refractivity contribution in [1.29, 1.82) is 0 Å². The summed E-state index contributed by atoms with van der Waals surface area (Å²) in [6.45, 7) is 7.24. The number of rotatable bonds is 10. The molecule has 3 aliphatic rings. The van der Waals surface area contributed by atoms with Crippen LogP contribution in [-0.2, 0) is 11.2 Å². The molecule has 2 fully saturated rings. The van der Waals surface area contributed by atoms with Gasteiger partial charge in [0.05, 0.1) is 25.4 Å². The molecular formula is C27H39NO3. The van der Waals surface area contributed by atoms with Gasteiger partial charge >= 0.3 is 0 Å². The fraction of sp³-hybridized carbons (Fsp3) is 0.630. The molecule has 0 amide bonds. The summed E-state index contributed by atoms with van der Waals surface area (Å²) >= 11 is 0. The van der Waals surface area contributed by atoms with Gasteiger partial charge in [-0.3, -0.25) is 0 Å². The predicted molar refractivity (Wildman–Crippen MR) is 125 cm³/mol. The molecule has 1 saturated heterocycles. The van der Waals surface area contributed by atoms with E-state index in [0.29, 0.717) is 18.3 Å². The predicted octanol–water partition coefficient (Wildman–Crippen LogP) is 3.90. The van der Waals surface area contributed by atoms with E-state index in [1.54, 1.807) is 0 Å². The first kappa shape index (κ1) is 22.7. The fourth-order valence-corrected chi connectivity index (χ4v) is 5.70. The molecule has 1 aromatic rings. The number of aliphatic hydroxyl groups is 2.